The first-order valence-corrected chi connectivity index (χ1v) is 5.85. The van der Waals surface area contributed by atoms with Crippen molar-refractivity contribution in [2.45, 2.75) is 18.9 Å². The predicted octanol–water partition coefficient (Wildman–Crippen LogP) is -0.133. The highest BCUT2D eigenvalue weighted by Crippen LogP contribution is 2.03. The molecule has 0 radical (unpaired) electrons. The van der Waals surface area contributed by atoms with E-state index in [-0.39, 0.29) is 23.1 Å². The van der Waals surface area contributed by atoms with Crippen LogP contribution in [-0.2, 0) is 7.05 Å². The lowest BCUT2D eigenvalue weighted by molar-refractivity contribution is 0.0927. The van der Waals surface area contributed by atoms with Crippen LogP contribution in [0.3, 0.4) is 0 Å². The number of hydrogen-bond donors (Lipinski definition) is 2. The SMILES string of the molecule is Cn1cccc(C(=O)NC2CCNCC2)c1=O. The Balaban J connectivity index is 2.09. The van der Waals surface area contributed by atoms with E-state index in [0.717, 1.165) is 25.9 Å². The maximum atomic E-state index is 11.9. The number of carbonyl (C=O) groups excluding carboxylic acids is 1. The second kappa shape index (κ2) is 5.14. The number of carbonyl (C=O) groups is 1. The number of nitrogens with one attached hydrogen (secondary N) is 2. The van der Waals surface area contributed by atoms with E-state index in [1.54, 1.807) is 25.4 Å². The number of pyridine rings is 1. The van der Waals surface area contributed by atoms with Gasteiger partial charge in [-0.2, -0.15) is 0 Å². The van der Waals surface area contributed by atoms with E-state index >= 15 is 0 Å². The van der Waals surface area contributed by atoms with Crippen LogP contribution in [-0.4, -0.2) is 29.6 Å². The summed E-state index contributed by atoms with van der Waals surface area (Å²) < 4.78 is 1.41. The quantitative estimate of drug-likeness (QED) is 0.750. The molecule has 1 fully saturated rings. The zero-order valence-corrected chi connectivity index (χ0v) is 9.90. The highest BCUT2D eigenvalue weighted by molar-refractivity contribution is 5.93. The molecule has 1 aliphatic heterocycles. The Hall–Kier alpha value is -1.62. The van der Waals surface area contributed by atoms with Gasteiger partial charge in [0.25, 0.3) is 11.5 Å². The summed E-state index contributed by atoms with van der Waals surface area (Å²) in [4.78, 5) is 23.7. The molecule has 0 saturated carbocycles. The van der Waals surface area contributed by atoms with Gasteiger partial charge in [0.1, 0.15) is 5.56 Å². The van der Waals surface area contributed by atoms with Crippen molar-refractivity contribution in [1.29, 1.82) is 0 Å². The van der Waals surface area contributed by atoms with E-state index < -0.39 is 0 Å². The molecule has 2 rings (SSSR count). The van der Waals surface area contributed by atoms with E-state index in [9.17, 15) is 9.59 Å². The Bertz CT molecular complexity index is 461. The van der Waals surface area contributed by atoms with Crippen molar-refractivity contribution in [3.63, 3.8) is 0 Å². The lowest BCUT2D eigenvalue weighted by Crippen LogP contribution is -2.44. The van der Waals surface area contributed by atoms with Crippen LogP contribution in [0.5, 0.6) is 0 Å². The molecule has 1 amide bonds. The van der Waals surface area contributed by atoms with E-state index in [1.807, 2.05) is 0 Å². The van der Waals surface area contributed by atoms with Crippen LogP contribution in [0.2, 0.25) is 0 Å². The van der Waals surface area contributed by atoms with E-state index in [4.69, 9.17) is 0 Å². The number of rotatable bonds is 2. The van der Waals surface area contributed by atoms with Gasteiger partial charge < -0.3 is 15.2 Å². The predicted molar refractivity (Wildman–Crippen MR) is 65.0 cm³/mol. The maximum Gasteiger partial charge on any atom is 0.263 e. The largest absolute Gasteiger partial charge is 0.349 e. The fraction of sp³-hybridized carbons (Fsp3) is 0.500. The monoisotopic (exact) mass is 235 g/mol. The number of amides is 1. The Morgan fingerprint density at radius 1 is 1.47 bits per heavy atom. The second-order valence-corrected chi connectivity index (χ2v) is 4.34. The Labute approximate surface area is 99.8 Å². The summed E-state index contributed by atoms with van der Waals surface area (Å²) in [6.45, 7) is 1.83. The molecule has 1 aliphatic rings. The zero-order valence-electron chi connectivity index (χ0n) is 9.90. The first-order valence-electron chi connectivity index (χ1n) is 5.85. The van der Waals surface area contributed by atoms with E-state index in [2.05, 4.69) is 10.6 Å². The topological polar surface area (TPSA) is 63.1 Å². The van der Waals surface area contributed by atoms with Crippen LogP contribution >= 0.6 is 0 Å². The van der Waals surface area contributed by atoms with Crippen molar-refractivity contribution in [3.8, 4) is 0 Å². The lowest BCUT2D eigenvalue weighted by atomic mass is 10.1. The zero-order chi connectivity index (χ0) is 12.3. The number of hydrogen-bond acceptors (Lipinski definition) is 3. The first-order chi connectivity index (χ1) is 8.18. The summed E-state index contributed by atoms with van der Waals surface area (Å²) in [6.07, 6.45) is 3.47. The van der Waals surface area contributed by atoms with Crippen molar-refractivity contribution >= 4 is 5.91 Å². The summed E-state index contributed by atoms with van der Waals surface area (Å²) in [7, 11) is 1.64. The van der Waals surface area contributed by atoms with Crippen molar-refractivity contribution in [3.05, 3.63) is 34.2 Å². The van der Waals surface area contributed by atoms with Crippen LogP contribution in [0.25, 0.3) is 0 Å². The molecule has 5 heteroatoms. The maximum absolute atomic E-state index is 11.9. The summed E-state index contributed by atoms with van der Waals surface area (Å²) in [5.41, 5.74) is -0.0348. The molecule has 0 atom stereocenters. The van der Waals surface area contributed by atoms with Crippen molar-refractivity contribution in [2.75, 3.05) is 13.1 Å². The van der Waals surface area contributed by atoms with Gasteiger partial charge in [-0.25, -0.2) is 0 Å². The molecular weight excluding hydrogens is 218 g/mol. The normalized spacial score (nSPS) is 16.8. The highest BCUT2D eigenvalue weighted by atomic mass is 16.2. The molecule has 0 aromatic carbocycles. The lowest BCUT2D eigenvalue weighted by Gasteiger charge is -2.23. The third kappa shape index (κ3) is 2.74. The van der Waals surface area contributed by atoms with Gasteiger partial charge in [0, 0.05) is 19.3 Å². The van der Waals surface area contributed by atoms with Crippen molar-refractivity contribution in [1.82, 2.24) is 15.2 Å². The smallest absolute Gasteiger partial charge is 0.263 e. The van der Waals surface area contributed by atoms with Crippen LogP contribution in [0.4, 0.5) is 0 Å². The van der Waals surface area contributed by atoms with Gasteiger partial charge in [0.2, 0.25) is 0 Å². The summed E-state index contributed by atoms with van der Waals surface area (Å²) >= 11 is 0. The summed E-state index contributed by atoms with van der Waals surface area (Å²) in [5.74, 6) is -0.266. The fourth-order valence-corrected chi connectivity index (χ4v) is 2.00. The molecule has 1 aromatic rings. The van der Waals surface area contributed by atoms with Crippen molar-refractivity contribution < 1.29 is 4.79 Å². The van der Waals surface area contributed by atoms with Crippen LogP contribution in [0, 0.1) is 0 Å². The van der Waals surface area contributed by atoms with Gasteiger partial charge >= 0.3 is 0 Å². The molecule has 17 heavy (non-hydrogen) atoms. The van der Waals surface area contributed by atoms with Crippen molar-refractivity contribution in [2.24, 2.45) is 7.05 Å². The van der Waals surface area contributed by atoms with Crippen LogP contribution in [0.15, 0.2) is 23.1 Å². The summed E-state index contributed by atoms with van der Waals surface area (Å²) in [5, 5.41) is 6.14. The molecule has 1 aromatic heterocycles. The van der Waals surface area contributed by atoms with Gasteiger partial charge in [-0.1, -0.05) is 0 Å². The van der Waals surface area contributed by atoms with Crippen LogP contribution < -0.4 is 16.2 Å². The first kappa shape index (κ1) is 11.9. The molecule has 0 unspecified atom stereocenters. The van der Waals surface area contributed by atoms with E-state index in [1.165, 1.54) is 4.57 Å². The summed E-state index contributed by atoms with van der Waals surface area (Å²) in [6, 6.07) is 3.45. The molecule has 5 nitrogen and oxygen atoms in total. The molecule has 1 saturated heterocycles. The molecule has 0 aliphatic carbocycles. The van der Waals surface area contributed by atoms with Crippen LogP contribution in [0.1, 0.15) is 23.2 Å². The Morgan fingerprint density at radius 3 is 2.88 bits per heavy atom. The van der Waals surface area contributed by atoms with Gasteiger partial charge in [-0.05, 0) is 38.1 Å². The minimum Gasteiger partial charge on any atom is -0.349 e. The number of nitrogens with zero attached hydrogens (tertiary/aromatic N) is 1. The Kier molecular flexibility index (Phi) is 3.58. The molecule has 2 heterocycles. The third-order valence-corrected chi connectivity index (χ3v) is 3.04. The van der Waals surface area contributed by atoms with Gasteiger partial charge in [-0.15, -0.1) is 0 Å². The highest BCUT2D eigenvalue weighted by Gasteiger charge is 2.18. The average molecular weight is 235 g/mol. The number of aryl methyl sites for hydroxylation is 1. The number of piperidine rings is 1. The minimum absolute atomic E-state index is 0.175. The number of aromatic nitrogens is 1. The standard InChI is InChI=1S/C12H17N3O2/c1-15-8-2-3-10(12(15)17)11(16)14-9-4-6-13-7-5-9/h2-3,8-9,13H,4-7H2,1H3,(H,14,16). The van der Waals surface area contributed by atoms with E-state index in [0.29, 0.717) is 0 Å². The van der Waals surface area contributed by atoms with Gasteiger partial charge in [-0.3, -0.25) is 9.59 Å². The molecule has 0 bridgehead atoms. The fourth-order valence-electron chi connectivity index (χ4n) is 2.00. The van der Waals surface area contributed by atoms with Gasteiger partial charge in [0.15, 0.2) is 0 Å². The molecular formula is C12H17N3O2. The molecule has 0 spiro atoms. The average Bonchev–Trinajstić information content (AvgIpc) is 2.34. The molecule has 92 valence electrons. The molecule has 2 N–H and O–H groups in total. The minimum atomic E-state index is -0.266. The second-order valence-electron chi connectivity index (χ2n) is 4.34. The third-order valence-electron chi connectivity index (χ3n) is 3.04. The van der Waals surface area contributed by atoms with Gasteiger partial charge in [0.05, 0.1) is 0 Å². The Morgan fingerprint density at radius 2 is 2.18 bits per heavy atom.